The Morgan fingerprint density at radius 1 is 1.04 bits per heavy atom. The van der Waals surface area contributed by atoms with Crippen molar-refractivity contribution in [1.29, 1.82) is 5.26 Å². The van der Waals surface area contributed by atoms with E-state index in [0.717, 1.165) is 16.9 Å². The van der Waals surface area contributed by atoms with Crippen molar-refractivity contribution in [2.75, 3.05) is 5.32 Å². The number of rotatable bonds is 4. The van der Waals surface area contributed by atoms with Crippen LogP contribution in [0, 0.1) is 18.3 Å². The first kappa shape index (κ1) is 16.3. The van der Waals surface area contributed by atoms with E-state index in [1.807, 2.05) is 90.5 Å². The number of aryl methyl sites for hydroxylation is 1. The van der Waals surface area contributed by atoms with Gasteiger partial charge >= 0.3 is 0 Å². The molecule has 0 unspecified atom stereocenters. The minimum absolute atomic E-state index is 0.0548. The zero-order valence-corrected chi connectivity index (χ0v) is 13.8. The lowest BCUT2D eigenvalue weighted by Gasteiger charge is -2.09. The normalized spacial score (nSPS) is 11.0. The Morgan fingerprint density at radius 3 is 2.48 bits per heavy atom. The molecule has 0 saturated carbocycles. The second-order valence-corrected chi connectivity index (χ2v) is 5.58. The van der Waals surface area contributed by atoms with Crippen LogP contribution in [-0.2, 0) is 4.79 Å². The molecule has 1 amide bonds. The lowest BCUT2D eigenvalue weighted by atomic mass is 10.1. The summed E-state index contributed by atoms with van der Waals surface area (Å²) in [5.41, 5.74) is 3.44. The van der Waals surface area contributed by atoms with Crippen LogP contribution in [0.15, 0.2) is 78.5 Å². The number of anilines is 1. The molecular formula is C21H17N3O. The van der Waals surface area contributed by atoms with E-state index in [-0.39, 0.29) is 5.57 Å². The molecule has 2 aromatic carbocycles. The fourth-order valence-corrected chi connectivity index (χ4v) is 2.53. The number of nitrogens with one attached hydrogen (secondary N) is 1. The van der Waals surface area contributed by atoms with Gasteiger partial charge in [0.25, 0.3) is 5.91 Å². The standard InChI is InChI=1S/C21H17N3O/c1-16-8-5-6-12-20(16)23-21(25)17(15-22)14-19-11-7-13-24(19)18-9-3-2-4-10-18/h2-14H,1H3,(H,23,25)/b17-14-. The minimum atomic E-state index is -0.419. The summed E-state index contributed by atoms with van der Waals surface area (Å²) in [6.07, 6.45) is 3.50. The van der Waals surface area contributed by atoms with Gasteiger partial charge in [0, 0.05) is 23.3 Å². The highest BCUT2D eigenvalue weighted by atomic mass is 16.1. The van der Waals surface area contributed by atoms with Crippen LogP contribution in [0.3, 0.4) is 0 Å². The number of amides is 1. The van der Waals surface area contributed by atoms with Crippen molar-refractivity contribution in [1.82, 2.24) is 4.57 Å². The maximum atomic E-state index is 12.5. The molecule has 122 valence electrons. The smallest absolute Gasteiger partial charge is 0.266 e. The van der Waals surface area contributed by atoms with Gasteiger partial charge < -0.3 is 9.88 Å². The molecule has 4 nitrogen and oxygen atoms in total. The molecule has 25 heavy (non-hydrogen) atoms. The fourth-order valence-electron chi connectivity index (χ4n) is 2.53. The van der Waals surface area contributed by atoms with Gasteiger partial charge in [-0.25, -0.2) is 0 Å². The first-order chi connectivity index (χ1) is 12.2. The van der Waals surface area contributed by atoms with Gasteiger partial charge in [0.2, 0.25) is 0 Å². The summed E-state index contributed by atoms with van der Waals surface area (Å²) in [6.45, 7) is 1.91. The molecule has 3 aromatic rings. The van der Waals surface area contributed by atoms with Crippen LogP contribution < -0.4 is 5.32 Å². The monoisotopic (exact) mass is 327 g/mol. The molecular weight excluding hydrogens is 310 g/mol. The van der Waals surface area contributed by atoms with E-state index in [0.29, 0.717) is 5.69 Å². The fraction of sp³-hybridized carbons (Fsp3) is 0.0476. The topological polar surface area (TPSA) is 57.8 Å². The van der Waals surface area contributed by atoms with Gasteiger partial charge in [0.15, 0.2) is 0 Å². The highest BCUT2D eigenvalue weighted by molar-refractivity contribution is 6.09. The highest BCUT2D eigenvalue weighted by Crippen LogP contribution is 2.17. The maximum Gasteiger partial charge on any atom is 0.266 e. The van der Waals surface area contributed by atoms with Gasteiger partial charge in [-0.05, 0) is 48.9 Å². The molecule has 1 N–H and O–H groups in total. The van der Waals surface area contributed by atoms with Crippen molar-refractivity contribution >= 4 is 17.7 Å². The van der Waals surface area contributed by atoms with E-state index in [9.17, 15) is 10.1 Å². The predicted molar refractivity (Wildman–Crippen MR) is 99.2 cm³/mol. The summed E-state index contributed by atoms with van der Waals surface area (Å²) in [5.74, 6) is -0.419. The van der Waals surface area contributed by atoms with E-state index >= 15 is 0 Å². The summed E-state index contributed by atoms with van der Waals surface area (Å²) in [4.78, 5) is 12.5. The number of nitrogens with zero attached hydrogens (tertiary/aromatic N) is 2. The number of hydrogen-bond acceptors (Lipinski definition) is 2. The molecule has 4 heteroatoms. The van der Waals surface area contributed by atoms with E-state index in [4.69, 9.17) is 0 Å². The van der Waals surface area contributed by atoms with Gasteiger partial charge in [-0.1, -0.05) is 36.4 Å². The average molecular weight is 327 g/mol. The first-order valence-electron chi connectivity index (χ1n) is 7.90. The lowest BCUT2D eigenvalue weighted by Crippen LogP contribution is -2.14. The Morgan fingerprint density at radius 2 is 1.76 bits per heavy atom. The maximum absolute atomic E-state index is 12.5. The summed E-state index contributed by atoms with van der Waals surface area (Å²) in [6, 6.07) is 23.0. The number of nitriles is 1. The van der Waals surface area contributed by atoms with Crippen molar-refractivity contribution < 1.29 is 4.79 Å². The summed E-state index contributed by atoms with van der Waals surface area (Å²) in [5, 5.41) is 12.2. The Bertz CT molecular complexity index is 962. The predicted octanol–water partition coefficient (Wildman–Crippen LogP) is 4.33. The molecule has 0 atom stereocenters. The van der Waals surface area contributed by atoms with Crippen molar-refractivity contribution in [2.45, 2.75) is 6.92 Å². The molecule has 0 saturated heterocycles. The van der Waals surface area contributed by atoms with Crippen molar-refractivity contribution in [3.8, 4) is 11.8 Å². The molecule has 1 aromatic heterocycles. The Labute approximate surface area is 146 Å². The number of para-hydroxylation sites is 2. The van der Waals surface area contributed by atoms with E-state index in [2.05, 4.69) is 5.32 Å². The van der Waals surface area contributed by atoms with Crippen LogP contribution in [0.5, 0.6) is 0 Å². The van der Waals surface area contributed by atoms with Gasteiger partial charge in [0.05, 0.1) is 0 Å². The second-order valence-electron chi connectivity index (χ2n) is 5.58. The van der Waals surface area contributed by atoms with Crippen molar-refractivity contribution in [3.05, 3.63) is 89.8 Å². The summed E-state index contributed by atoms with van der Waals surface area (Å²) in [7, 11) is 0. The third kappa shape index (κ3) is 3.67. The first-order valence-corrected chi connectivity index (χ1v) is 7.90. The van der Waals surface area contributed by atoms with Gasteiger partial charge in [-0.15, -0.1) is 0 Å². The van der Waals surface area contributed by atoms with Gasteiger partial charge in [-0.2, -0.15) is 5.26 Å². The summed E-state index contributed by atoms with van der Waals surface area (Å²) < 4.78 is 1.93. The number of aromatic nitrogens is 1. The molecule has 0 radical (unpaired) electrons. The number of benzene rings is 2. The Hall–Kier alpha value is -3.58. The molecule has 0 spiro atoms. The molecule has 0 fully saturated rings. The average Bonchev–Trinajstić information content (AvgIpc) is 3.10. The Kier molecular flexibility index (Phi) is 4.77. The zero-order valence-electron chi connectivity index (χ0n) is 13.8. The van der Waals surface area contributed by atoms with Crippen LogP contribution in [0.1, 0.15) is 11.3 Å². The third-order valence-electron chi connectivity index (χ3n) is 3.87. The van der Waals surface area contributed by atoms with Crippen LogP contribution in [0.25, 0.3) is 11.8 Å². The van der Waals surface area contributed by atoms with Gasteiger partial charge in [-0.3, -0.25) is 4.79 Å². The van der Waals surface area contributed by atoms with E-state index in [1.165, 1.54) is 0 Å². The number of carbonyl (C=O) groups is 1. The summed E-state index contributed by atoms with van der Waals surface area (Å²) >= 11 is 0. The SMILES string of the molecule is Cc1ccccc1NC(=O)/C(C#N)=C\c1cccn1-c1ccccc1. The van der Waals surface area contributed by atoms with Crippen LogP contribution in [0.4, 0.5) is 5.69 Å². The molecule has 0 bridgehead atoms. The van der Waals surface area contributed by atoms with Crippen LogP contribution in [-0.4, -0.2) is 10.5 Å². The molecule has 0 aliphatic heterocycles. The molecule has 1 heterocycles. The molecule has 3 rings (SSSR count). The van der Waals surface area contributed by atoms with Crippen molar-refractivity contribution in [2.24, 2.45) is 0 Å². The third-order valence-corrected chi connectivity index (χ3v) is 3.87. The largest absolute Gasteiger partial charge is 0.321 e. The number of hydrogen-bond donors (Lipinski definition) is 1. The Balaban J connectivity index is 1.90. The minimum Gasteiger partial charge on any atom is -0.321 e. The van der Waals surface area contributed by atoms with Gasteiger partial charge in [0.1, 0.15) is 11.6 Å². The lowest BCUT2D eigenvalue weighted by molar-refractivity contribution is -0.112. The highest BCUT2D eigenvalue weighted by Gasteiger charge is 2.12. The quantitative estimate of drug-likeness (QED) is 0.573. The van der Waals surface area contributed by atoms with Crippen LogP contribution in [0.2, 0.25) is 0 Å². The van der Waals surface area contributed by atoms with E-state index in [1.54, 1.807) is 6.08 Å². The second kappa shape index (κ2) is 7.33. The van der Waals surface area contributed by atoms with Crippen molar-refractivity contribution in [3.63, 3.8) is 0 Å². The molecule has 0 aliphatic rings. The zero-order chi connectivity index (χ0) is 17.6. The van der Waals surface area contributed by atoms with E-state index < -0.39 is 5.91 Å². The number of carbonyl (C=O) groups excluding carboxylic acids is 1. The van der Waals surface area contributed by atoms with Crippen LogP contribution >= 0.6 is 0 Å². The molecule has 0 aliphatic carbocycles.